The molecule has 3 aliphatic rings. The molecule has 1 saturated carbocycles. The van der Waals surface area contributed by atoms with Gasteiger partial charge in [0.25, 0.3) is 17.7 Å². The molecule has 4 rings (SSSR count). The van der Waals surface area contributed by atoms with Gasteiger partial charge < -0.3 is 14.8 Å². The second kappa shape index (κ2) is 9.18. The number of ether oxygens (including phenoxy) is 2. The van der Waals surface area contributed by atoms with Crippen LogP contribution in [0.15, 0.2) is 18.2 Å². The Hall–Kier alpha value is -2.74. The predicted octanol–water partition coefficient (Wildman–Crippen LogP) is 2.46. The largest absolute Gasteiger partial charge is 0.449 e. The average Bonchev–Trinajstić information content (AvgIpc) is 3.37. The van der Waals surface area contributed by atoms with Crippen molar-refractivity contribution in [3.8, 4) is 0 Å². The maximum Gasteiger partial charge on any atom is 0.338 e. The number of hydrogen-bond donors (Lipinski definition) is 1. The van der Waals surface area contributed by atoms with Crippen molar-refractivity contribution >= 4 is 23.7 Å². The molecule has 2 atom stereocenters. The van der Waals surface area contributed by atoms with Gasteiger partial charge in [0.05, 0.1) is 29.3 Å². The Bertz CT molecular complexity index is 886. The fourth-order valence-electron chi connectivity index (χ4n) is 4.42. The number of carbonyl (C=O) groups excluding carboxylic acids is 4. The smallest absolute Gasteiger partial charge is 0.338 e. The van der Waals surface area contributed by atoms with Crippen molar-refractivity contribution in [2.75, 3.05) is 13.2 Å². The normalized spacial score (nSPS) is 22.4. The van der Waals surface area contributed by atoms with E-state index in [2.05, 4.69) is 5.32 Å². The molecule has 1 aromatic rings. The lowest BCUT2D eigenvalue weighted by molar-refractivity contribution is -0.130. The summed E-state index contributed by atoms with van der Waals surface area (Å²) in [6.45, 7) is 2.38. The quantitative estimate of drug-likeness (QED) is 0.552. The Morgan fingerprint density at radius 2 is 1.84 bits per heavy atom. The van der Waals surface area contributed by atoms with Crippen LogP contribution < -0.4 is 5.32 Å². The zero-order valence-electron chi connectivity index (χ0n) is 17.7. The Morgan fingerprint density at radius 1 is 1.10 bits per heavy atom. The topological polar surface area (TPSA) is 102 Å². The van der Waals surface area contributed by atoms with E-state index in [-0.39, 0.29) is 47.2 Å². The molecule has 2 heterocycles. The van der Waals surface area contributed by atoms with E-state index in [1.165, 1.54) is 36.4 Å². The third-order valence-corrected chi connectivity index (χ3v) is 6.22. The average molecular weight is 428 g/mol. The summed E-state index contributed by atoms with van der Waals surface area (Å²) in [5.41, 5.74) is 0.579. The van der Waals surface area contributed by atoms with Crippen molar-refractivity contribution in [2.45, 2.75) is 70.1 Å². The van der Waals surface area contributed by atoms with Gasteiger partial charge in [-0.15, -0.1) is 0 Å². The van der Waals surface area contributed by atoms with Crippen molar-refractivity contribution in [3.63, 3.8) is 0 Å². The van der Waals surface area contributed by atoms with E-state index in [0.717, 1.165) is 38.5 Å². The number of esters is 1. The minimum absolute atomic E-state index is 0.126. The van der Waals surface area contributed by atoms with Gasteiger partial charge in [-0.25, -0.2) is 4.79 Å². The lowest BCUT2D eigenvalue weighted by atomic mass is 9.95. The van der Waals surface area contributed by atoms with Gasteiger partial charge in [0.15, 0.2) is 6.10 Å². The highest BCUT2D eigenvalue weighted by molar-refractivity contribution is 6.22. The molecule has 2 aliphatic heterocycles. The number of carbonyl (C=O) groups is 4. The Balaban J connectivity index is 1.39. The molecule has 3 amide bonds. The second-order valence-corrected chi connectivity index (χ2v) is 8.51. The number of rotatable bonds is 6. The summed E-state index contributed by atoms with van der Waals surface area (Å²) in [5.74, 6) is -1.84. The summed E-state index contributed by atoms with van der Waals surface area (Å²) in [6.07, 6.45) is 5.87. The first-order valence-electron chi connectivity index (χ1n) is 11.1. The van der Waals surface area contributed by atoms with Gasteiger partial charge >= 0.3 is 5.97 Å². The molecule has 31 heavy (non-hydrogen) atoms. The standard InChI is InChI=1S/C23H28N2O6/c1-14(20(26)24-16-6-3-2-4-7-16)31-23(29)15-9-10-18-19(12-15)22(28)25(21(18)27)13-17-8-5-11-30-17/h9-10,12,14,16-17H,2-8,11,13H2,1H3,(H,24,26). The van der Waals surface area contributed by atoms with E-state index in [0.29, 0.717) is 6.61 Å². The molecule has 0 spiro atoms. The molecule has 8 heteroatoms. The summed E-state index contributed by atoms with van der Waals surface area (Å²) < 4.78 is 10.8. The van der Waals surface area contributed by atoms with Crippen molar-refractivity contribution in [1.29, 1.82) is 0 Å². The van der Waals surface area contributed by atoms with E-state index >= 15 is 0 Å². The van der Waals surface area contributed by atoms with Gasteiger partial charge in [0.1, 0.15) is 0 Å². The van der Waals surface area contributed by atoms with E-state index < -0.39 is 18.0 Å². The minimum Gasteiger partial charge on any atom is -0.449 e. The summed E-state index contributed by atoms with van der Waals surface area (Å²) in [7, 11) is 0. The first kappa shape index (κ1) is 21.5. The van der Waals surface area contributed by atoms with Crippen LogP contribution in [-0.2, 0) is 14.3 Å². The highest BCUT2D eigenvalue weighted by atomic mass is 16.5. The van der Waals surface area contributed by atoms with Crippen LogP contribution in [0, 0.1) is 0 Å². The summed E-state index contributed by atoms with van der Waals surface area (Å²) in [6, 6.07) is 4.42. The summed E-state index contributed by atoms with van der Waals surface area (Å²) in [5, 5.41) is 2.94. The van der Waals surface area contributed by atoms with Crippen molar-refractivity contribution < 1.29 is 28.7 Å². The molecule has 0 aromatic heterocycles. The molecule has 1 aliphatic carbocycles. The molecule has 1 N–H and O–H groups in total. The van der Waals surface area contributed by atoms with Crippen LogP contribution in [-0.4, -0.2) is 60.0 Å². The molecular weight excluding hydrogens is 400 g/mol. The van der Waals surface area contributed by atoms with Crippen LogP contribution in [0.3, 0.4) is 0 Å². The lowest BCUT2D eigenvalue weighted by Crippen LogP contribution is -2.42. The van der Waals surface area contributed by atoms with Gasteiger partial charge in [-0.1, -0.05) is 19.3 Å². The van der Waals surface area contributed by atoms with Crippen LogP contribution >= 0.6 is 0 Å². The van der Waals surface area contributed by atoms with Gasteiger partial charge in [-0.05, 0) is 50.8 Å². The van der Waals surface area contributed by atoms with Crippen LogP contribution in [0.4, 0.5) is 0 Å². The SMILES string of the molecule is CC(OC(=O)c1ccc2c(c1)C(=O)N(CC1CCCO1)C2=O)C(=O)NC1CCCCC1. The van der Waals surface area contributed by atoms with Crippen LogP contribution in [0.1, 0.15) is 82.9 Å². The highest BCUT2D eigenvalue weighted by Crippen LogP contribution is 2.26. The second-order valence-electron chi connectivity index (χ2n) is 8.51. The molecular formula is C23H28N2O6. The number of fused-ring (bicyclic) bond motifs is 1. The molecule has 2 unspecified atom stereocenters. The fourth-order valence-corrected chi connectivity index (χ4v) is 4.42. The molecule has 166 valence electrons. The van der Waals surface area contributed by atoms with Gasteiger partial charge in [-0.2, -0.15) is 0 Å². The maximum atomic E-state index is 12.8. The van der Waals surface area contributed by atoms with E-state index in [9.17, 15) is 19.2 Å². The van der Waals surface area contributed by atoms with Crippen LogP contribution in [0.2, 0.25) is 0 Å². The molecule has 1 saturated heterocycles. The number of benzene rings is 1. The van der Waals surface area contributed by atoms with Gasteiger partial charge in [0, 0.05) is 12.6 Å². The van der Waals surface area contributed by atoms with Crippen LogP contribution in [0.5, 0.6) is 0 Å². The van der Waals surface area contributed by atoms with Crippen molar-refractivity contribution in [2.24, 2.45) is 0 Å². The first-order valence-corrected chi connectivity index (χ1v) is 11.1. The fraction of sp³-hybridized carbons (Fsp3) is 0.565. The van der Waals surface area contributed by atoms with E-state index in [1.54, 1.807) is 0 Å². The third-order valence-electron chi connectivity index (χ3n) is 6.22. The summed E-state index contributed by atoms with van der Waals surface area (Å²) in [4.78, 5) is 51.5. The van der Waals surface area contributed by atoms with Gasteiger partial charge in [0.2, 0.25) is 0 Å². The first-order chi connectivity index (χ1) is 14.9. The molecule has 1 aromatic carbocycles. The summed E-state index contributed by atoms with van der Waals surface area (Å²) >= 11 is 0. The molecule has 8 nitrogen and oxygen atoms in total. The van der Waals surface area contributed by atoms with Crippen molar-refractivity contribution in [1.82, 2.24) is 10.2 Å². The van der Waals surface area contributed by atoms with Crippen molar-refractivity contribution in [3.05, 3.63) is 34.9 Å². The number of nitrogens with one attached hydrogen (secondary N) is 1. The number of imide groups is 1. The molecule has 0 bridgehead atoms. The predicted molar refractivity (Wildman–Crippen MR) is 111 cm³/mol. The third kappa shape index (κ3) is 4.63. The minimum atomic E-state index is -0.948. The zero-order chi connectivity index (χ0) is 22.0. The molecule has 2 fully saturated rings. The maximum absolute atomic E-state index is 12.8. The Morgan fingerprint density at radius 3 is 2.55 bits per heavy atom. The van der Waals surface area contributed by atoms with Gasteiger partial charge in [-0.3, -0.25) is 19.3 Å². The molecule has 0 radical (unpaired) electrons. The number of nitrogens with zero attached hydrogens (tertiary/aromatic N) is 1. The highest BCUT2D eigenvalue weighted by Gasteiger charge is 2.38. The van der Waals surface area contributed by atoms with E-state index in [1.807, 2.05) is 0 Å². The monoisotopic (exact) mass is 428 g/mol. The van der Waals surface area contributed by atoms with Crippen LogP contribution in [0.25, 0.3) is 0 Å². The Labute approximate surface area is 181 Å². The van der Waals surface area contributed by atoms with E-state index in [4.69, 9.17) is 9.47 Å². The number of amides is 3. The Kier molecular flexibility index (Phi) is 6.36. The zero-order valence-corrected chi connectivity index (χ0v) is 17.7. The lowest BCUT2D eigenvalue weighted by Gasteiger charge is -2.24. The number of hydrogen-bond acceptors (Lipinski definition) is 6.